The van der Waals surface area contributed by atoms with Gasteiger partial charge in [0.1, 0.15) is 5.75 Å². The summed E-state index contributed by atoms with van der Waals surface area (Å²) in [5, 5.41) is 0.963. The Balaban J connectivity index is 2.76. The summed E-state index contributed by atoms with van der Waals surface area (Å²) in [6.07, 6.45) is 1.93. The average Bonchev–Trinajstić information content (AvgIpc) is 2.67. The van der Waals surface area contributed by atoms with Gasteiger partial charge in [-0.05, 0) is 39.0 Å². The fraction of sp³-hybridized carbons (Fsp3) is 0.357. The van der Waals surface area contributed by atoms with Crippen molar-refractivity contribution in [2.24, 2.45) is 0 Å². The average molecular weight is 231 g/mol. The first-order valence-electron chi connectivity index (χ1n) is 5.74. The standard InChI is InChI=1S/C14H17NO2/c1-9(2)15-8-13(10(3)16)12-7-11(17-4)5-6-14(12)15/h5-9H,1-4H3. The molecule has 17 heavy (non-hydrogen) atoms. The number of carbonyl (C=O) groups is 1. The third kappa shape index (κ3) is 1.93. The van der Waals surface area contributed by atoms with Crippen molar-refractivity contribution in [3.05, 3.63) is 30.0 Å². The summed E-state index contributed by atoms with van der Waals surface area (Å²) in [5.74, 6) is 0.865. The molecule has 0 saturated carbocycles. The first-order chi connectivity index (χ1) is 8.04. The van der Waals surface area contributed by atoms with Crippen LogP contribution in [-0.2, 0) is 0 Å². The van der Waals surface area contributed by atoms with Gasteiger partial charge in [-0.25, -0.2) is 0 Å². The zero-order valence-corrected chi connectivity index (χ0v) is 10.7. The van der Waals surface area contributed by atoms with E-state index in [1.165, 1.54) is 0 Å². The van der Waals surface area contributed by atoms with Gasteiger partial charge in [-0.3, -0.25) is 4.79 Å². The minimum atomic E-state index is 0.0858. The Morgan fingerprint density at radius 1 is 1.35 bits per heavy atom. The molecule has 3 heteroatoms. The van der Waals surface area contributed by atoms with E-state index in [4.69, 9.17) is 4.74 Å². The molecule has 0 amide bonds. The molecular formula is C14H17NO2. The molecule has 1 heterocycles. The molecule has 0 fully saturated rings. The van der Waals surface area contributed by atoms with Crippen LogP contribution in [0.4, 0.5) is 0 Å². The predicted molar refractivity (Wildman–Crippen MR) is 68.9 cm³/mol. The number of benzene rings is 1. The SMILES string of the molecule is COc1ccc2c(c1)c(C(C)=O)cn2C(C)C. The molecule has 0 bridgehead atoms. The molecule has 1 aromatic carbocycles. The summed E-state index contributed by atoms with van der Waals surface area (Å²) < 4.78 is 7.32. The number of ether oxygens (including phenoxy) is 1. The van der Waals surface area contributed by atoms with Crippen molar-refractivity contribution in [1.82, 2.24) is 4.57 Å². The number of Topliss-reactive ketones (excluding diaryl/α,β-unsaturated/α-hetero) is 1. The van der Waals surface area contributed by atoms with Crippen molar-refractivity contribution >= 4 is 16.7 Å². The molecule has 2 aromatic rings. The molecule has 0 atom stereocenters. The van der Waals surface area contributed by atoms with E-state index in [0.717, 1.165) is 22.2 Å². The van der Waals surface area contributed by atoms with Gasteiger partial charge in [0.05, 0.1) is 7.11 Å². The van der Waals surface area contributed by atoms with Crippen LogP contribution in [0, 0.1) is 0 Å². The second-order valence-electron chi connectivity index (χ2n) is 4.48. The molecule has 0 spiro atoms. The fourth-order valence-corrected chi connectivity index (χ4v) is 2.07. The van der Waals surface area contributed by atoms with Gasteiger partial charge in [0, 0.05) is 28.7 Å². The van der Waals surface area contributed by atoms with Crippen LogP contribution >= 0.6 is 0 Å². The van der Waals surface area contributed by atoms with Crippen LogP contribution in [0.1, 0.15) is 37.2 Å². The summed E-state index contributed by atoms with van der Waals surface area (Å²) in [7, 11) is 1.63. The lowest BCUT2D eigenvalue weighted by Gasteiger charge is -2.09. The van der Waals surface area contributed by atoms with Crippen LogP contribution in [0.15, 0.2) is 24.4 Å². The highest BCUT2D eigenvalue weighted by Gasteiger charge is 2.14. The van der Waals surface area contributed by atoms with Crippen molar-refractivity contribution in [2.45, 2.75) is 26.8 Å². The maximum Gasteiger partial charge on any atom is 0.161 e. The lowest BCUT2D eigenvalue weighted by Crippen LogP contribution is -1.98. The van der Waals surface area contributed by atoms with E-state index >= 15 is 0 Å². The molecule has 1 aromatic heterocycles. The van der Waals surface area contributed by atoms with Gasteiger partial charge in [-0.15, -0.1) is 0 Å². The summed E-state index contributed by atoms with van der Waals surface area (Å²) in [6, 6.07) is 6.18. The third-order valence-corrected chi connectivity index (χ3v) is 2.98. The second kappa shape index (κ2) is 4.24. The van der Waals surface area contributed by atoms with Crippen molar-refractivity contribution in [1.29, 1.82) is 0 Å². The number of hydrogen-bond donors (Lipinski definition) is 0. The molecule has 0 N–H and O–H groups in total. The third-order valence-electron chi connectivity index (χ3n) is 2.98. The summed E-state index contributed by atoms with van der Waals surface area (Å²) >= 11 is 0. The summed E-state index contributed by atoms with van der Waals surface area (Å²) in [6.45, 7) is 5.81. The molecule has 0 aliphatic heterocycles. The lowest BCUT2D eigenvalue weighted by molar-refractivity contribution is 0.101. The smallest absolute Gasteiger partial charge is 0.161 e. The van der Waals surface area contributed by atoms with Crippen LogP contribution in [0.3, 0.4) is 0 Å². The highest BCUT2D eigenvalue weighted by Crippen LogP contribution is 2.28. The maximum atomic E-state index is 11.6. The van der Waals surface area contributed by atoms with Gasteiger partial charge in [-0.2, -0.15) is 0 Å². The Morgan fingerprint density at radius 2 is 2.06 bits per heavy atom. The van der Waals surface area contributed by atoms with Gasteiger partial charge in [-0.1, -0.05) is 0 Å². The minimum Gasteiger partial charge on any atom is -0.497 e. The molecule has 3 nitrogen and oxygen atoms in total. The summed E-state index contributed by atoms with van der Waals surface area (Å²) in [4.78, 5) is 11.6. The minimum absolute atomic E-state index is 0.0858. The Morgan fingerprint density at radius 3 is 2.59 bits per heavy atom. The fourth-order valence-electron chi connectivity index (χ4n) is 2.07. The second-order valence-corrected chi connectivity index (χ2v) is 4.48. The van der Waals surface area contributed by atoms with Gasteiger partial charge in [0.15, 0.2) is 5.78 Å². The first-order valence-corrected chi connectivity index (χ1v) is 5.74. The molecule has 0 unspecified atom stereocenters. The molecule has 0 aliphatic carbocycles. The van der Waals surface area contributed by atoms with Gasteiger partial charge in [0.2, 0.25) is 0 Å². The first kappa shape index (κ1) is 11.7. The largest absolute Gasteiger partial charge is 0.497 e. The van der Waals surface area contributed by atoms with Gasteiger partial charge >= 0.3 is 0 Å². The van der Waals surface area contributed by atoms with Crippen LogP contribution in [0.5, 0.6) is 5.75 Å². The number of rotatable bonds is 3. The van der Waals surface area contributed by atoms with Crippen LogP contribution in [0.25, 0.3) is 10.9 Å². The topological polar surface area (TPSA) is 31.2 Å². The van der Waals surface area contributed by atoms with E-state index < -0.39 is 0 Å². The van der Waals surface area contributed by atoms with Crippen LogP contribution in [0.2, 0.25) is 0 Å². The Bertz CT molecular complexity index is 567. The Kier molecular flexibility index (Phi) is 2.92. The zero-order chi connectivity index (χ0) is 12.6. The van der Waals surface area contributed by atoms with E-state index in [0.29, 0.717) is 6.04 Å². The molecule has 0 radical (unpaired) electrons. The number of hydrogen-bond acceptors (Lipinski definition) is 2. The molecule has 0 aliphatic rings. The number of nitrogens with zero attached hydrogens (tertiary/aromatic N) is 1. The Labute approximate surface area is 101 Å². The summed E-state index contributed by atoms with van der Waals surface area (Å²) in [5.41, 5.74) is 1.83. The molecular weight excluding hydrogens is 214 g/mol. The quantitative estimate of drug-likeness (QED) is 0.758. The zero-order valence-electron chi connectivity index (χ0n) is 10.7. The highest BCUT2D eigenvalue weighted by atomic mass is 16.5. The number of fused-ring (bicyclic) bond motifs is 1. The molecule has 0 saturated heterocycles. The monoisotopic (exact) mass is 231 g/mol. The van der Waals surface area contributed by atoms with E-state index in [1.54, 1.807) is 14.0 Å². The van der Waals surface area contributed by atoms with Crippen molar-refractivity contribution in [2.75, 3.05) is 7.11 Å². The van der Waals surface area contributed by atoms with E-state index in [2.05, 4.69) is 18.4 Å². The van der Waals surface area contributed by atoms with E-state index in [9.17, 15) is 4.79 Å². The van der Waals surface area contributed by atoms with Gasteiger partial charge < -0.3 is 9.30 Å². The van der Waals surface area contributed by atoms with Crippen molar-refractivity contribution in [3.8, 4) is 5.75 Å². The van der Waals surface area contributed by atoms with E-state index in [-0.39, 0.29) is 5.78 Å². The normalized spacial score (nSPS) is 11.1. The lowest BCUT2D eigenvalue weighted by atomic mass is 10.1. The molecule has 2 rings (SSSR count). The van der Waals surface area contributed by atoms with Crippen molar-refractivity contribution < 1.29 is 9.53 Å². The van der Waals surface area contributed by atoms with Crippen LogP contribution < -0.4 is 4.74 Å². The van der Waals surface area contributed by atoms with Crippen molar-refractivity contribution in [3.63, 3.8) is 0 Å². The highest BCUT2D eigenvalue weighted by molar-refractivity contribution is 6.07. The van der Waals surface area contributed by atoms with Crippen LogP contribution in [-0.4, -0.2) is 17.5 Å². The maximum absolute atomic E-state index is 11.6. The molecule has 90 valence electrons. The number of carbonyl (C=O) groups excluding carboxylic acids is 1. The number of ketones is 1. The predicted octanol–water partition coefficient (Wildman–Crippen LogP) is 3.43. The Hall–Kier alpha value is -1.77. The number of aromatic nitrogens is 1. The van der Waals surface area contributed by atoms with E-state index in [1.807, 2.05) is 24.4 Å². The number of methoxy groups -OCH3 is 1. The van der Waals surface area contributed by atoms with Gasteiger partial charge in [0.25, 0.3) is 0 Å².